The van der Waals surface area contributed by atoms with E-state index in [1.54, 1.807) is 0 Å². The Morgan fingerprint density at radius 3 is 2.70 bits per heavy atom. The standard InChI is InChI=1S/C19H31N3O/c1-16(14-22(2)15-18-6-4-3-5-7-18)21-19(23)9-8-17-10-12-20-13-11-17/h3-7,16-17,20H,8-15H2,1-2H3,(H,21,23). The van der Waals surface area contributed by atoms with Crippen LogP contribution in [0, 0.1) is 5.92 Å². The molecule has 2 N–H and O–H groups in total. The van der Waals surface area contributed by atoms with Crippen LogP contribution in [-0.4, -0.2) is 43.5 Å². The minimum Gasteiger partial charge on any atom is -0.352 e. The van der Waals surface area contributed by atoms with Crippen molar-refractivity contribution in [3.05, 3.63) is 35.9 Å². The molecule has 1 aliphatic heterocycles. The molecule has 2 rings (SSSR count). The largest absolute Gasteiger partial charge is 0.352 e. The summed E-state index contributed by atoms with van der Waals surface area (Å²) in [5.74, 6) is 0.919. The van der Waals surface area contributed by atoms with Gasteiger partial charge in [-0.2, -0.15) is 0 Å². The minimum atomic E-state index is 0.184. The molecule has 4 heteroatoms. The third-order valence-corrected chi connectivity index (χ3v) is 4.53. The summed E-state index contributed by atoms with van der Waals surface area (Å²) in [7, 11) is 2.10. The third kappa shape index (κ3) is 7.14. The summed E-state index contributed by atoms with van der Waals surface area (Å²) in [6, 6.07) is 10.6. The summed E-state index contributed by atoms with van der Waals surface area (Å²) < 4.78 is 0. The fourth-order valence-corrected chi connectivity index (χ4v) is 3.33. The van der Waals surface area contributed by atoms with E-state index in [4.69, 9.17) is 0 Å². The molecule has 1 amide bonds. The number of piperidine rings is 1. The van der Waals surface area contributed by atoms with Gasteiger partial charge in [0, 0.05) is 25.6 Å². The zero-order chi connectivity index (χ0) is 16.5. The molecular weight excluding hydrogens is 286 g/mol. The van der Waals surface area contributed by atoms with Gasteiger partial charge in [-0.1, -0.05) is 30.3 Å². The molecule has 1 aliphatic rings. The number of rotatable bonds is 8. The van der Waals surface area contributed by atoms with E-state index in [1.807, 2.05) is 6.07 Å². The first-order chi connectivity index (χ1) is 11.1. The number of amides is 1. The molecule has 128 valence electrons. The van der Waals surface area contributed by atoms with Gasteiger partial charge >= 0.3 is 0 Å². The monoisotopic (exact) mass is 317 g/mol. The highest BCUT2D eigenvalue weighted by Crippen LogP contribution is 2.17. The molecular formula is C19H31N3O. The van der Waals surface area contributed by atoms with Crippen molar-refractivity contribution in [2.75, 3.05) is 26.7 Å². The average molecular weight is 317 g/mol. The summed E-state index contributed by atoms with van der Waals surface area (Å²) in [6.07, 6.45) is 4.11. The summed E-state index contributed by atoms with van der Waals surface area (Å²) in [4.78, 5) is 14.3. The molecule has 23 heavy (non-hydrogen) atoms. The predicted molar refractivity (Wildman–Crippen MR) is 95.2 cm³/mol. The Hall–Kier alpha value is -1.39. The number of carbonyl (C=O) groups excluding carboxylic acids is 1. The molecule has 1 fully saturated rings. The van der Waals surface area contributed by atoms with E-state index in [2.05, 4.69) is 53.8 Å². The maximum absolute atomic E-state index is 12.1. The Kier molecular flexibility index (Phi) is 7.56. The Bertz CT molecular complexity index is 457. The van der Waals surface area contributed by atoms with Gasteiger partial charge in [-0.3, -0.25) is 4.79 Å². The molecule has 0 radical (unpaired) electrons. The highest BCUT2D eigenvalue weighted by molar-refractivity contribution is 5.76. The van der Waals surface area contributed by atoms with Gasteiger partial charge in [0.1, 0.15) is 0 Å². The summed E-state index contributed by atoms with van der Waals surface area (Å²) in [5.41, 5.74) is 1.31. The second kappa shape index (κ2) is 9.68. The van der Waals surface area contributed by atoms with Gasteiger partial charge in [0.2, 0.25) is 5.91 Å². The average Bonchev–Trinajstić information content (AvgIpc) is 2.54. The molecule has 0 aromatic heterocycles. The molecule has 4 nitrogen and oxygen atoms in total. The molecule has 1 aromatic rings. The first kappa shape index (κ1) is 18.0. The Morgan fingerprint density at radius 1 is 1.30 bits per heavy atom. The Balaban J connectivity index is 1.62. The zero-order valence-corrected chi connectivity index (χ0v) is 14.6. The van der Waals surface area contributed by atoms with Crippen LogP contribution in [0.1, 0.15) is 38.2 Å². The van der Waals surface area contributed by atoms with Gasteiger partial charge in [-0.15, -0.1) is 0 Å². The van der Waals surface area contributed by atoms with E-state index in [1.165, 1.54) is 18.4 Å². The number of benzene rings is 1. The number of carbonyl (C=O) groups is 1. The van der Waals surface area contributed by atoms with Gasteiger partial charge < -0.3 is 15.5 Å². The number of hydrogen-bond donors (Lipinski definition) is 2. The van der Waals surface area contributed by atoms with Crippen molar-refractivity contribution in [3.8, 4) is 0 Å². The van der Waals surface area contributed by atoms with E-state index >= 15 is 0 Å². The van der Waals surface area contributed by atoms with Crippen LogP contribution in [0.5, 0.6) is 0 Å². The SMILES string of the molecule is CC(CN(C)Cc1ccccc1)NC(=O)CCC1CCNCC1. The van der Waals surface area contributed by atoms with Gasteiger partial charge in [-0.25, -0.2) is 0 Å². The first-order valence-electron chi connectivity index (χ1n) is 8.86. The Morgan fingerprint density at radius 2 is 2.00 bits per heavy atom. The van der Waals surface area contributed by atoms with Gasteiger partial charge in [-0.05, 0) is 57.8 Å². The van der Waals surface area contributed by atoms with Gasteiger partial charge in [0.25, 0.3) is 0 Å². The van der Waals surface area contributed by atoms with Crippen LogP contribution in [0.3, 0.4) is 0 Å². The van der Waals surface area contributed by atoms with E-state index in [9.17, 15) is 4.79 Å². The summed E-state index contributed by atoms with van der Waals surface area (Å²) in [5, 5.41) is 6.51. The second-order valence-electron chi connectivity index (χ2n) is 6.88. The van der Waals surface area contributed by atoms with Crippen molar-refractivity contribution in [2.45, 2.75) is 45.2 Å². The lowest BCUT2D eigenvalue weighted by atomic mass is 9.93. The zero-order valence-electron chi connectivity index (χ0n) is 14.6. The van der Waals surface area contributed by atoms with Gasteiger partial charge in [0.15, 0.2) is 0 Å². The number of nitrogens with one attached hydrogen (secondary N) is 2. The van der Waals surface area contributed by atoms with Crippen molar-refractivity contribution < 1.29 is 4.79 Å². The third-order valence-electron chi connectivity index (χ3n) is 4.53. The van der Waals surface area contributed by atoms with Crippen LogP contribution in [-0.2, 0) is 11.3 Å². The second-order valence-corrected chi connectivity index (χ2v) is 6.88. The molecule has 1 heterocycles. The minimum absolute atomic E-state index is 0.184. The molecule has 0 bridgehead atoms. The predicted octanol–water partition coefficient (Wildman–Crippen LogP) is 2.40. The lowest BCUT2D eigenvalue weighted by molar-refractivity contribution is -0.122. The van der Waals surface area contributed by atoms with E-state index < -0.39 is 0 Å². The van der Waals surface area contributed by atoms with Crippen molar-refractivity contribution in [1.82, 2.24) is 15.5 Å². The number of likely N-dealkylation sites (N-methyl/N-ethyl adjacent to an activating group) is 1. The van der Waals surface area contributed by atoms with Crippen LogP contribution in [0.15, 0.2) is 30.3 Å². The van der Waals surface area contributed by atoms with Crippen LogP contribution in [0.2, 0.25) is 0 Å². The maximum Gasteiger partial charge on any atom is 0.220 e. The fraction of sp³-hybridized carbons (Fsp3) is 0.632. The van der Waals surface area contributed by atoms with E-state index in [0.29, 0.717) is 6.42 Å². The van der Waals surface area contributed by atoms with Crippen molar-refractivity contribution in [1.29, 1.82) is 0 Å². The highest BCUT2D eigenvalue weighted by atomic mass is 16.1. The molecule has 1 saturated heterocycles. The summed E-state index contributed by atoms with van der Waals surface area (Å²) in [6.45, 7) is 6.08. The van der Waals surface area contributed by atoms with Crippen LogP contribution in [0.25, 0.3) is 0 Å². The quantitative estimate of drug-likeness (QED) is 0.774. The van der Waals surface area contributed by atoms with Gasteiger partial charge in [0.05, 0.1) is 0 Å². The molecule has 1 atom stereocenters. The van der Waals surface area contributed by atoms with Crippen LogP contribution >= 0.6 is 0 Å². The molecule has 0 spiro atoms. The first-order valence-corrected chi connectivity index (χ1v) is 8.86. The molecule has 1 unspecified atom stereocenters. The van der Waals surface area contributed by atoms with Crippen molar-refractivity contribution in [3.63, 3.8) is 0 Å². The number of hydrogen-bond acceptors (Lipinski definition) is 3. The smallest absolute Gasteiger partial charge is 0.220 e. The maximum atomic E-state index is 12.1. The Labute approximate surface area is 140 Å². The number of nitrogens with zero attached hydrogens (tertiary/aromatic N) is 1. The van der Waals surface area contributed by atoms with Crippen molar-refractivity contribution in [2.24, 2.45) is 5.92 Å². The topological polar surface area (TPSA) is 44.4 Å². The normalized spacial score (nSPS) is 17.2. The molecule has 0 saturated carbocycles. The highest BCUT2D eigenvalue weighted by Gasteiger charge is 2.15. The molecule has 1 aromatic carbocycles. The lowest BCUT2D eigenvalue weighted by Gasteiger charge is -2.24. The van der Waals surface area contributed by atoms with Crippen LogP contribution < -0.4 is 10.6 Å². The van der Waals surface area contributed by atoms with E-state index in [-0.39, 0.29) is 11.9 Å². The molecule has 0 aliphatic carbocycles. The van der Waals surface area contributed by atoms with Crippen molar-refractivity contribution >= 4 is 5.91 Å². The fourth-order valence-electron chi connectivity index (χ4n) is 3.33. The van der Waals surface area contributed by atoms with Crippen LogP contribution in [0.4, 0.5) is 0 Å². The summed E-state index contributed by atoms with van der Waals surface area (Å²) >= 11 is 0. The lowest BCUT2D eigenvalue weighted by Crippen LogP contribution is -2.40. The van der Waals surface area contributed by atoms with E-state index in [0.717, 1.165) is 38.5 Å².